The third-order valence-corrected chi connectivity index (χ3v) is 2.57. The van der Waals surface area contributed by atoms with Crippen LogP contribution in [0.15, 0.2) is 18.2 Å². The minimum absolute atomic E-state index is 0.456. The number of carbonyl (C=O) groups is 1. The van der Waals surface area contributed by atoms with Crippen molar-refractivity contribution >= 4 is 23.4 Å². The molecule has 0 aromatic heterocycles. The minimum Gasteiger partial charge on any atom is -0.444 e. The molecule has 1 aromatic carbocycles. The lowest BCUT2D eigenvalue weighted by molar-refractivity contribution is 0.0636. The van der Waals surface area contributed by atoms with Crippen LogP contribution in [0.25, 0.3) is 0 Å². The first-order valence-corrected chi connectivity index (χ1v) is 6.51. The normalized spacial score (nSPS) is 12.9. The van der Waals surface area contributed by atoms with Crippen LogP contribution < -0.4 is 5.32 Å². The van der Waals surface area contributed by atoms with Crippen molar-refractivity contribution in [1.82, 2.24) is 0 Å². The number of benzene rings is 1. The highest BCUT2D eigenvalue weighted by molar-refractivity contribution is 6.31. The van der Waals surface area contributed by atoms with E-state index in [0.29, 0.717) is 17.1 Å². The molecule has 19 heavy (non-hydrogen) atoms. The average molecular weight is 286 g/mol. The van der Waals surface area contributed by atoms with Crippen LogP contribution in [0.3, 0.4) is 0 Å². The van der Waals surface area contributed by atoms with Gasteiger partial charge in [-0.15, -0.1) is 0 Å². The van der Waals surface area contributed by atoms with E-state index in [1.807, 2.05) is 0 Å². The minimum atomic E-state index is -0.542. The van der Waals surface area contributed by atoms with E-state index < -0.39 is 17.8 Å². The van der Waals surface area contributed by atoms with Gasteiger partial charge in [0.15, 0.2) is 0 Å². The second-order valence-electron chi connectivity index (χ2n) is 5.49. The molecule has 0 saturated carbocycles. The van der Waals surface area contributed by atoms with E-state index >= 15 is 0 Å². The van der Waals surface area contributed by atoms with Crippen molar-refractivity contribution in [2.24, 2.45) is 0 Å². The molecule has 1 rings (SSSR count). The van der Waals surface area contributed by atoms with Crippen molar-refractivity contribution in [3.63, 3.8) is 0 Å². The maximum Gasteiger partial charge on any atom is 0.412 e. The fourth-order valence-electron chi connectivity index (χ4n) is 1.53. The van der Waals surface area contributed by atoms with E-state index in [-0.39, 0.29) is 0 Å². The van der Waals surface area contributed by atoms with Gasteiger partial charge in [-0.25, -0.2) is 4.79 Å². The van der Waals surface area contributed by atoms with E-state index in [1.165, 1.54) is 0 Å². The van der Waals surface area contributed by atoms with E-state index in [0.717, 1.165) is 5.56 Å². The van der Waals surface area contributed by atoms with Crippen molar-refractivity contribution in [3.8, 4) is 0 Å². The summed E-state index contributed by atoms with van der Waals surface area (Å²) in [5.74, 6) is 0. The molecule has 0 saturated heterocycles. The monoisotopic (exact) mass is 285 g/mol. The number of amides is 1. The Morgan fingerprint density at radius 3 is 2.58 bits per heavy atom. The molecule has 0 fully saturated rings. The number of hydrogen-bond donors (Lipinski definition) is 2. The smallest absolute Gasteiger partial charge is 0.412 e. The van der Waals surface area contributed by atoms with Crippen molar-refractivity contribution in [2.75, 3.05) is 5.32 Å². The number of hydrogen-bond acceptors (Lipinski definition) is 3. The Morgan fingerprint density at radius 2 is 2.11 bits per heavy atom. The summed E-state index contributed by atoms with van der Waals surface area (Å²) in [6.07, 6.45) is -0.500. The Labute approximate surface area is 118 Å². The summed E-state index contributed by atoms with van der Waals surface area (Å²) >= 11 is 6.09. The highest BCUT2D eigenvalue weighted by Gasteiger charge is 2.16. The zero-order chi connectivity index (χ0) is 14.6. The molecule has 2 N–H and O–H groups in total. The number of ether oxygens (including phenoxy) is 1. The van der Waals surface area contributed by atoms with Gasteiger partial charge in [0, 0.05) is 10.7 Å². The largest absolute Gasteiger partial charge is 0.444 e. The Bertz CT molecular complexity index is 452. The Balaban J connectivity index is 2.71. The number of halogens is 1. The summed E-state index contributed by atoms with van der Waals surface area (Å²) < 4.78 is 5.14. The highest BCUT2D eigenvalue weighted by Crippen LogP contribution is 2.22. The van der Waals surface area contributed by atoms with Crippen molar-refractivity contribution in [3.05, 3.63) is 28.8 Å². The van der Waals surface area contributed by atoms with Crippen LogP contribution in [0, 0.1) is 0 Å². The van der Waals surface area contributed by atoms with E-state index in [4.69, 9.17) is 16.3 Å². The first-order valence-electron chi connectivity index (χ1n) is 6.14. The molecule has 1 amide bonds. The fourth-order valence-corrected chi connectivity index (χ4v) is 1.79. The van der Waals surface area contributed by atoms with Gasteiger partial charge in [-0.3, -0.25) is 5.32 Å². The maximum absolute atomic E-state index is 11.6. The van der Waals surface area contributed by atoms with Gasteiger partial charge in [0.25, 0.3) is 0 Å². The lowest BCUT2D eigenvalue weighted by Crippen LogP contribution is -2.27. The molecule has 0 aliphatic heterocycles. The van der Waals surface area contributed by atoms with Gasteiger partial charge in [0.05, 0.1) is 6.10 Å². The van der Waals surface area contributed by atoms with E-state index in [1.54, 1.807) is 45.9 Å². The number of anilines is 1. The average Bonchev–Trinajstić information content (AvgIpc) is 2.18. The zero-order valence-electron chi connectivity index (χ0n) is 11.7. The summed E-state index contributed by atoms with van der Waals surface area (Å²) in [6.45, 7) is 7.09. The number of nitrogens with one attached hydrogen (secondary N) is 1. The Morgan fingerprint density at radius 1 is 1.47 bits per heavy atom. The predicted molar refractivity (Wildman–Crippen MR) is 76.7 cm³/mol. The quantitative estimate of drug-likeness (QED) is 0.892. The van der Waals surface area contributed by atoms with Crippen LogP contribution in [0.2, 0.25) is 5.02 Å². The van der Waals surface area contributed by atoms with Crippen molar-refractivity contribution in [1.29, 1.82) is 0 Å². The first kappa shape index (κ1) is 15.8. The lowest BCUT2D eigenvalue weighted by atomic mass is 10.1. The van der Waals surface area contributed by atoms with Gasteiger partial charge in [0.1, 0.15) is 5.60 Å². The predicted octanol–water partition coefficient (Wildman–Crippen LogP) is 3.61. The van der Waals surface area contributed by atoms with Crippen molar-refractivity contribution in [2.45, 2.75) is 45.8 Å². The van der Waals surface area contributed by atoms with Gasteiger partial charge in [-0.1, -0.05) is 17.7 Å². The van der Waals surface area contributed by atoms with Crippen LogP contribution in [0.1, 0.15) is 33.3 Å². The molecule has 106 valence electrons. The van der Waals surface area contributed by atoms with Crippen LogP contribution in [0.4, 0.5) is 10.5 Å². The fraction of sp³-hybridized carbons (Fsp3) is 0.500. The van der Waals surface area contributed by atoms with Crippen LogP contribution in [-0.2, 0) is 11.2 Å². The second-order valence-corrected chi connectivity index (χ2v) is 5.89. The molecule has 1 aromatic rings. The summed E-state index contributed by atoms with van der Waals surface area (Å²) in [4.78, 5) is 11.6. The molecule has 0 unspecified atom stereocenters. The standard InChI is InChI=1S/C14H20ClNO3/c1-9(17)7-10-5-6-11(8-12(10)15)16-13(18)19-14(2,3)4/h5-6,8-9,17H,7H2,1-4H3,(H,16,18)/t9-/m1/s1. The molecule has 0 spiro atoms. The lowest BCUT2D eigenvalue weighted by Gasteiger charge is -2.19. The van der Waals surface area contributed by atoms with Gasteiger partial charge in [-0.2, -0.15) is 0 Å². The van der Waals surface area contributed by atoms with E-state index in [9.17, 15) is 9.90 Å². The van der Waals surface area contributed by atoms with Crippen LogP contribution in [-0.4, -0.2) is 22.9 Å². The molecule has 0 aliphatic carbocycles. The number of aliphatic hydroxyl groups excluding tert-OH is 1. The maximum atomic E-state index is 11.6. The van der Waals surface area contributed by atoms with Crippen LogP contribution >= 0.6 is 11.6 Å². The number of carbonyl (C=O) groups excluding carboxylic acids is 1. The number of aliphatic hydroxyl groups is 1. The summed E-state index contributed by atoms with van der Waals surface area (Å²) in [7, 11) is 0. The van der Waals surface area contributed by atoms with Crippen LogP contribution in [0.5, 0.6) is 0 Å². The second kappa shape index (κ2) is 6.26. The molecule has 5 heteroatoms. The Kier molecular flexibility index (Phi) is 5.20. The van der Waals surface area contributed by atoms with E-state index in [2.05, 4.69) is 5.32 Å². The van der Waals surface area contributed by atoms with Gasteiger partial charge >= 0.3 is 6.09 Å². The first-order chi connectivity index (χ1) is 8.67. The Hall–Kier alpha value is -1.26. The van der Waals surface area contributed by atoms with Gasteiger partial charge < -0.3 is 9.84 Å². The zero-order valence-corrected chi connectivity index (χ0v) is 12.4. The third kappa shape index (κ3) is 5.94. The molecular weight excluding hydrogens is 266 g/mol. The van der Waals surface area contributed by atoms with Gasteiger partial charge in [-0.05, 0) is 51.8 Å². The van der Waals surface area contributed by atoms with Crippen molar-refractivity contribution < 1.29 is 14.6 Å². The summed E-state index contributed by atoms with van der Waals surface area (Å²) in [5.41, 5.74) is 0.861. The molecule has 0 bridgehead atoms. The van der Waals surface area contributed by atoms with Gasteiger partial charge in [0.2, 0.25) is 0 Å². The molecule has 4 nitrogen and oxygen atoms in total. The number of rotatable bonds is 3. The summed E-state index contributed by atoms with van der Waals surface area (Å²) in [5, 5.41) is 12.4. The molecule has 1 atom stereocenters. The SMILES string of the molecule is C[C@@H](O)Cc1ccc(NC(=O)OC(C)(C)C)cc1Cl. The molecule has 0 aliphatic rings. The third-order valence-electron chi connectivity index (χ3n) is 2.21. The molecular formula is C14H20ClNO3. The summed E-state index contributed by atoms with van der Waals surface area (Å²) in [6, 6.07) is 5.15. The molecule has 0 heterocycles. The topological polar surface area (TPSA) is 58.6 Å². The molecule has 0 radical (unpaired) electrons. The highest BCUT2D eigenvalue weighted by atomic mass is 35.5.